The van der Waals surface area contributed by atoms with Crippen LogP contribution in [-0.2, 0) is 0 Å². The molecule has 4 aromatic rings. The molecule has 0 unspecified atom stereocenters. The lowest BCUT2D eigenvalue weighted by Gasteiger charge is -2.11. The van der Waals surface area contributed by atoms with Crippen molar-refractivity contribution in [1.82, 2.24) is 15.0 Å². The van der Waals surface area contributed by atoms with Gasteiger partial charge in [0.25, 0.3) is 5.91 Å². The number of anilines is 1. The number of nitrogens with zero attached hydrogens (tertiary/aromatic N) is 3. The van der Waals surface area contributed by atoms with Crippen molar-refractivity contribution in [2.75, 3.05) is 5.32 Å². The van der Waals surface area contributed by atoms with E-state index < -0.39 is 0 Å². The number of aromatic nitrogens is 3. The fourth-order valence-corrected chi connectivity index (χ4v) is 3.11. The van der Waals surface area contributed by atoms with E-state index in [-0.39, 0.29) is 11.9 Å². The van der Waals surface area contributed by atoms with Gasteiger partial charge < -0.3 is 0 Å². The summed E-state index contributed by atoms with van der Waals surface area (Å²) in [6.07, 6.45) is 3.10. The third kappa shape index (κ3) is 4.42. The van der Waals surface area contributed by atoms with Crippen molar-refractivity contribution in [2.24, 2.45) is 0 Å². The molecule has 5 nitrogen and oxygen atoms in total. The quantitative estimate of drug-likeness (QED) is 0.455. The number of nitrogens with one attached hydrogen (secondary N) is 1. The van der Waals surface area contributed by atoms with Gasteiger partial charge in [-0.05, 0) is 36.4 Å². The standard InChI is InChI=1S/C22H14Cl2N4O/c23-16-7-5-14(6-8-16)19-13-20(17-3-1-2-4-18(17)24)27-22(26-19)28-21(29)15-9-11-25-12-10-15/h1-13H,(H,26,27,28,29). The number of hydrogen-bond acceptors (Lipinski definition) is 4. The monoisotopic (exact) mass is 420 g/mol. The van der Waals surface area contributed by atoms with E-state index in [1.54, 1.807) is 42.7 Å². The number of rotatable bonds is 4. The maximum atomic E-state index is 12.6. The van der Waals surface area contributed by atoms with Crippen molar-refractivity contribution < 1.29 is 4.79 Å². The van der Waals surface area contributed by atoms with Crippen molar-refractivity contribution in [3.63, 3.8) is 0 Å². The van der Waals surface area contributed by atoms with Gasteiger partial charge in [0.2, 0.25) is 5.95 Å². The first-order valence-corrected chi connectivity index (χ1v) is 9.47. The van der Waals surface area contributed by atoms with Crippen molar-refractivity contribution >= 4 is 35.1 Å². The number of carbonyl (C=O) groups is 1. The molecule has 0 saturated heterocycles. The molecule has 0 fully saturated rings. The van der Waals surface area contributed by atoms with E-state index in [1.165, 1.54) is 0 Å². The molecule has 0 saturated carbocycles. The average molecular weight is 421 g/mol. The van der Waals surface area contributed by atoms with E-state index in [0.29, 0.717) is 27.0 Å². The third-order valence-corrected chi connectivity index (χ3v) is 4.77. The second-order valence-electron chi connectivity index (χ2n) is 6.14. The van der Waals surface area contributed by atoms with Gasteiger partial charge in [0.15, 0.2) is 0 Å². The lowest BCUT2D eigenvalue weighted by atomic mass is 10.1. The molecule has 1 amide bonds. The van der Waals surface area contributed by atoms with E-state index >= 15 is 0 Å². The summed E-state index contributed by atoms with van der Waals surface area (Å²) in [6, 6.07) is 19.7. The van der Waals surface area contributed by atoms with Gasteiger partial charge in [0, 0.05) is 39.1 Å². The smallest absolute Gasteiger partial charge is 0.258 e. The zero-order chi connectivity index (χ0) is 20.2. The highest BCUT2D eigenvalue weighted by Gasteiger charge is 2.14. The minimum absolute atomic E-state index is 0.175. The molecule has 4 rings (SSSR count). The van der Waals surface area contributed by atoms with Crippen LogP contribution in [0.1, 0.15) is 10.4 Å². The van der Waals surface area contributed by atoms with Crippen LogP contribution >= 0.6 is 23.2 Å². The Morgan fingerprint density at radius 1 is 0.828 bits per heavy atom. The van der Waals surface area contributed by atoms with Crippen LogP contribution in [-0.4, -0.2) is 20.9 Å². The molecule has 0 aliphatic heterocycles. The molecule has 142 valence electrons. The van der Waals surface area contributed by atoms with E-state index in [1.807, 2.05) is 36.4 Å². The summed E-state index contributed by atoms with van der Waals surface area (Å²) in [4.78, 5) is 25.5. The van der Waals surface area contributed by atoms with Crippen molar-refractivity contribution in [3.05, 3.63) is 94.7 Å². The predicted octanol–water partition coefficient (Wildman–Crippen LogP) is 5.76. The Bertz CT molecular complexity index is 1170. The highest BCUT2D eigenvalue weighted by Crippen LogP contribution is 2.30. The number of benzene rings is 2. The summed E-state index contributed by atoms with van der Waals surface area (Å²) >= 11 is 12.4. The van der Waals surface area contributed by atoms with Crippen molar-refractivity contribution in [1.29, 1.82) is 0 Å². The molecule has 29 heavy (non-hydrogen) atoms. The Hall–Kier alpha value is -3.28. The van der Waals surface area contributed by atoms with Gasteiger partial charge in [-0.2, -0.15) is 0 Å². The molecular weight excluding hydrogens is 407 g/mol. The minimum Gasteiger partial charge on any atom is -0.290 e. The molecule has 0 atom stereocenters. The Kier molecular flexibility index (Phi) is 5.51. The molecule has 2 aromatic carbocycles. The largest absolute Gasteiger partial charge is 0.290 e. The number of halogens is 2. The van der Waals surface area contributed by atoms with E-state index in [4.69, 9.17) is 23.2 Å². The molecule has 1 N–H and O–H groups in total. The van der Waals surface area contributed by atoms with Crippen LogP contribution in [0.15, 0.2) is 79.1 Å². The van der Waals surface area contributed by atoms with Crippen LogP contribution in [0, 0.1) is 0 Å². The number of amides is 1. The van der Waals surface area contributed by atoms with Crippen LogP contribution in [0.4, 0.5) is 5.95 Å². The normalized spacial score (nSPS) is 10.6. The summed E-state index contributed by atoms with van der Waals surface area (Å²) in [6.45, 7) is 0. The second kappa shape index (κ2) is 8.39. The number of pyridine rings is 1. The highest BCUT2D eigenvalue weighted by atomic mass is 35.5. The average Bonchev–Trinajstić information content (AvgIpc) is 2.75. The fraction of sp³-hybridized carbons (Fsp3) is 0. The molecule has 7 heteroatoms. The summed E-state index contributed by atoms with van der Waals surface area (Å²) in [5.74, 6) is -0.153. The Balaban J connectivity index is 1.79. The van der Waals surface area contributed by atoms with E-state index in [9.17, 15) is 4.79 Å². The van der Waals surface area contributed by atoms with Crippen molar-refractivity contribution in [3.8, 4) is 22.5 Å². The molecule has 0 radical (unpaired) electrons. The summed E-state index contributed by atoms with van der Waals surface area (Å²) < 4.78 is 0. The molecule has 2 heterocycles. The fourth-order valence-electron chi connectivity index (χ4n) is 2.76. The van der Waals surface area contributed by atoms with Gasteiger partial charge in [0.05, 0.1) is 11.4 Å². The van der Waals surface area contributed by atoms with Gasteiger partial charge in [-0.25, -0.2) is 9.97 Å². The molecule has 2 aromatic heterocycles. The SMILES string of the molecule is O=C(Nc1nc(-c2ccc(Cl)cc2)cc(-c2ccccc2Cl)n1)c1ccncc1. The van der Waals surface area contributed by atoms with Crippen molar-refractivity contribution in [2.45, 2.75) is 0 Å². The minimum atomic E-state index is -0.328. The lowest BCUT2D eigenvalue weighted by Crippen LogP contribution is -2.14. The first kappa shape index (κ1) is 19.1. The van der Waals surface area contributed by atoms with Gasteiger partial charge in [0.1, 0.15) is 0 Å². The number of hydrogen-bond donors (Lipinski definition) is 1. The summed E-state index contributed by atoms with van der Waals surface area (Å²) in [7, 11) is 0. The zero-order valence-corrected chi connectivity index (χ0v) is 16.5. The second-order valence-corrected chi connectivity index (χ2v) is 6.98. The lowest BCUT2D eigenvalue weighted by molar-refractivity contribution is 0.102. The Morgan fingerprint density at radius 2 is 1.52 bits per heavy atom. The maximum absolute atomic E-state index is 12.6. The van der Waals surface area contributed by atoms with Crippen LogP contribution in [0.2, 0.25) is 10.0 Å². The van der Waals surface area contributed by atoms with Gasteiger partial charge in [-0.3, -0.25) is 15.1 Å². The first-order valence-electron chi connectivity index (χ1n) is 8.71. The predicted molar refractivity (Wildman–Crippen MR) is 115 cm³/mol. The summed E-state index contributed by atoms with van der Waals surface area (Å²) in [5.41, 5.74) is 3.27. The third-order valence-electron chi connectivity index (χ3n) is 4.18. The van der Waals surface area contributed by atoms with E-state index in [2.05, 4.69) is 20.3 Å². The molecule has 0 spiro atoms. The highest BCUT2D eigenvalue weighted by molar-refractivity contribution is 6.33. The van der Waals surface area contributed by atoms with Gasteiger partial charge in [-0.1, -0.05) is 53.5 Å². The molecular formula is C22H14Cl2N4O. The van der Waals surface area contributed by atoms with Crippen LogP contribution in [0.25, 0.3) is 22.5 Å². The molecule has 0 aliphatic rings. The maximum Gasteiger partial charge on any atom is 0.258 e. The van der Waals surface area contributed by atoms with Gasteiger partial charge >= 0.3 is 0 Å². The van der Waals surface area contributed by atoms with Crippen LogP contribution < -0.4 is 5.32 Å². The zero-order valence-electron chi connectivity index (χ0n) is 15.0. The topological polar surface area (TPSA) is 67.8 Å². The number of carbonyl (C=O) groups excluding carboxylic acids is 1. The Labute approximate surface area is 177 Å². The van der Waals surface area contributed by atoms with Crippen LogP contribution in [0.3, 0.4) is 0 Å². The van der Waals surface area contributed by atoms with E-state index in [0.717, 1.165) is 11.1 Å². The molecule has 0 aliphatic carbocycles. The first-order chi connectivity index (χ1) is 14.1. The van der Waals surface area contributed by atoms with Gasteiger partial charge in [-0.15, -0.1) is 0 Å². The summed E-state index contributed by atoms with van der Waals surface area (Å²) in [5, 5.41) is 3.93. The molecule has 0 bridgehead atoms. The van der Waals surface area contributed by atoms with Crippen LogP contribution in [0.5, 0.6) is 0 Å². The Morgan fingerprint density at radius 3 is 2.24 bits per heavy atom.